The second-order valence-corrected chi connectivity index (χ2v) is 4.78. The fraction of sp³-hybridized carbons (Fsp3) is 0.438. The van der Waals surface area contributed by atoms with Gasteiger partial charge in [-0.2, -0.15) is 0 Å². The van der Waals surface area contributed by atoms with Crippen LogP contribution in [-0.2, 0) is 4.74 Å². The maximum absolute atomic E-state index is 12.6. The molecule has 2 N–H and O–H groups in total. The molecule has 1 unspecified atom stereocenters. The molecule has 4 heteroatoms. The normalized spacial score (nSPS) is 11.4. The van der Waals surface area contributed by atoms with E-state index in [1.807, 2.05) is 32.0 Å². The molecule has 0 bridgehead atoms. The highest BCUT2D eigenvalue weighted by Crippen LogP contribution is 2.14. The van der Waals surface area contributed by atoms with Crippen LogP contribution in [0, 0.1) is 18.8 Å². The number of nitrogens with zero attached hydrogens (tertiary/aromatic N) is 1. The lowest BCUT2D eigenvalue weighted by Crippen LogP contribution is -2.38. The number of likely N-dealkylation sites (N-methyl/N-ethyl adjacent to an activating group) is 1. The quantitative estimate of drug-likeness (QED) is 0.845. The highest BCUT2D eigenvalue weighted by molar-refractivity contribution is 5.97. The molecule has 20 heavy (non-hydrogen) atoms. The lowest BCUT2D eigenvalue weighted by molar-refractivity contribution is 0.0633. The first-order chi connectivity index (χ1) is 9.51. The van der Waals surface area contributed by atoms with E-state index in [0.29, 0.717) is 17.7 Å². The summed E-state index contributed by atoms with van der Waals surface area (Å²) in [5, 5.41) is 0. The number of methoxy groups -OCH3 is 1. The zero-order valence-corrected chi connectivity index (χ0v) is 12.6. The van der Waals surface area contributed by atoms with Gasteiger partial charge in [-0.3, -0.25) is 4.79 Å². The van der Waals surface area contributed by atoms with Crippen molar-refractivity contribution in [1.29, 1.82) is 0 Å². The topological polar surface area (TPSA) is 55.6 Å². The van der Waals surface area contributed by atoms with Crippen molar-refractivity contribution in [3.05, 3.63) is 34.9 Å². The summed E-state index contributed by atoms with van der Waals surface area (Å²) >= 11 is 0. The third-order valence-corrected chi connectivity index (χ3v) is 3.12. The molecule has 0 aromatic heterocycles. The van der Waals surface area contributed by atoms with E-state index < -0.39 is 0 Å². The van der Waals surface area contributed by atoms with Crippen LogP contribution in [0.15, 0.2) is 18.2 Å². The van der Waals surface area contributed by atoms with Crippen molar-refractivity contribution in [1.82, 2.24) is 4.90 Å². The minimum Gasteiger partial charge on any atom is -0.383 e. The summed E-state index contributed by atoms with van der Waals surface area (Å²) in [6, 6.07) is 5.66. The number of nitrogens with two attached hydrogens (primary N) is 1. The van der Waals surface area contributed by atoms with E-state index in [4.69, 9.17) is 10.5 Å². The Bertz CT molecular complexity index is 529. The van der Waals surface area contributed by atoms with Crippen LogP contribution in [0.4, 0.5) is 0 Å². The number of hydrogen-bond acceptors (Lipinski definition) is 3. The molecular weight excluding hydrogens is 252 g/mol. The number of rotatable bonds is 4. The molecule has 0 aliphatic carbocycles. The highest BCUT2D eigenvalue weighted by Gasteiger charge is 2.19. The van der Waals surface area contributed by atoms with Gasteiger partial charge in [0, 0.05) is 19.7 Å². The Morgan fingerprint density at radius 3 is 2.80 bits per heavy atom. The van der Waals surface area contributed by atoms with Gasteiger partial charge in [-0.15, -0.1) is 0 Å². The number of carbonyl (C=O) groups excluding carboxylic acids is 1. The summed E-state index contributed by atoms with van der Waals surface area (Å²) in [7, 11) is 3.40. The lowest BCUT2D eigenvalue weighted by atomic mass is 10.0. The molecule has 0 aliphatic heterocycles. The van der Waals surface area contributed by atoms with Gasteiger partial charge in [-0.05, 0) is 26.0 Å². The van der Waals surface area contributed by atoms with Crippen LogP contribution >= 0.6 is 0 Å². The molecule has 1 atom stereocenters. The predicted molar refractivity (Wildman–Crippen MR) is 80.5 cm³/mol. The summed E-state index contributed by atoms with van der Waals surface area (Å²) in [5.74, 6) is 5.69. The summed E-state index contributed by atoms with van der Waals surface area (Å²) in [5.41, 5.74) is 7.74. The second kappa shape index (κ2) is 7.68. The molecule has 4 nitrogen and oxygen atoms in total. The largest absolute Gasteiger partial charge is 0.383 e. The standard InChI is InChI=1S/C16H22N2O2/c1-12-7-8-14(6-5-9-17)15(10-12)16(19)18(3)13(2)11-20-4/h7-8,10,13H,9,11,17H2,1-4H3. The van der Waals surface area contributed by atoms with Crippen LogP contribution in [0.1, 0.15) is 28.4 Å². The first-order valence-electron chi connectivity index (χ1n) is 6.57. The highest BCUT2D eigenvalue weighted by atomic mass is 16.5. The first kappa shape index (κ1) is 16.2. The number of benzene rings is 1. The molecule has 0 heterocycles. The average molecular weight is 274 g/mol. The van der Waals surface area contributed by atoms with Crippen molar-refractivity contribution >= 4 is 5.91 Å². The van der Waals surface area contributed by atoms with Crippen LogP contribution in [-0.4, -0.2) is 44.2 Å². The van der Waals surface area contributed by atoms with Gasteiger partial charge in [0.25, 0.3) is 5.91 Å². The van der Waals surface area contributed by atoms with Crippen LogP contribution in [0.25, 0.3) is 0 Å². The molecule has 0 saturated heterocycles. The van der Waals surface area contributed by atoms with Crippen molar-refractivity contribution in [3.8, 4) is 11.8 Å². The molecule has 0 radical (unpaired) electrons. The summed E-state index contributed by atoms with van der Waals surface area (Å²) in [6.07, 6.45) is 0. The van der Waals surface area contributed by atoms with Crippen LogP contribution < -0.4 is 5.73 Å². The average Bonchev–Trinajstić information content (AvgIpc) is 2.44. The maximum atomic E-state index is 12.6. The van der Waals surface area contributed by atoms with Gasteiger partial charge in [-0.25, -0.2) is 0 Å². The minimum absolute atomic E-state index is 0.00308. The Morgan fingerprint density at radius 2 is 2.20 bits per heavy atom. The molecule has 0 spiro atoms. The van der Waals surface area contributed by atoms with Gasteiger partial charge in [0.2, 0.25) is 0 Å². The SMILES string of the molecule is COCC(C)N(C)C(=O)c1cc(C)ccc1C#CCN. The van der Waals surface area contributed by atoms with Gasteiger partial charge in [0.1, 0.15) is 0 Å². The molecule has 1 amide bonds. The van der Waals surface area contributed by atoms with Crippen molar-refractivity contribution < 1.29 is 9.53 Å². The zero-order valence-electron chi connectivity index (χ0n) is 12.6. The summed E-state index contributed by atoms with van der Waals surface area (Å²) in [6.45, 7) is 4.67. The van der Waals surface area contributed by atoms with Crippen LogP contribution in [0.2, 0.25) is 0 Å². The van der Waals surface area contributed by atoms with Crippen molar-refractivity contribution in [3.63, 3.8) is 0 Å². The molecule has 1 aromatic rings. The zero-order chi connectivity index (χ0) is 15.1. The van der Waals surface area contributed by atoms with E-state index >= 15 is 0 Å². The Morgan fingerprint density at radius 1 is 1.50 bits per heavy atom. The van der Waals surface area contributed by atoms with Gasteiger partial charge in [0.05, 0.1) is 24.8 Å². The lowest BCUT2D eigenvalue weighted by Gasteiger charge is -2.25. The molecule has 0 aliphatic rings. The molecular formula is C16H22N2O2. The van der Waals surface area contributed by atoms with E-state index in [9.17, 15) is 4.79 Å². The van der Waals surface area contributed by atoms with Gasteiger partial charge >= 0.3 is 0 Å². The van der Waals surface area contributed by atoms with Crippen molar-refractivity contribution in [2.45, 2.75) is 19.9 Å². The number of ether oxygens (including phenoxy) is 1. The third kappa shape index (κ3) is 4.09. The first-order valence-corrected chi connectivity index (χ1v) is 6.57. The smallest absolute Gasteiger partial charge is 0.255 e. The monoisotopic (exact) mass is 274 g/mol. The van der Waals surface area contributed by atoms with Gasteiger partial charge in [0.15, 0.2) is 0 Å². The van der Waals surface area contributed by atoms with Crippen molar-refractivity contribution in [2.24, 2.45) is 5.73 Å². The van der Waals surface area contributed by atoms with E-state index in [2.05, 4.69) is 11.8 Å². The predicted octanol–water partition coefficient (Wildman–Crippen LogP) is 1.41. The Kier molecular flexibility index (Phi) is 6.23. The van der Waals surface area contributed by atoms with E-state index in [1.54, 1.807) is 19.1 Å². The van der Waals surface area contributed by atoms with Gasteiger partial charge in [-0.1, -0.05) is 23.5 Å². The van der Waals surface area contributed by atoms with Crippen molar-refractivity contribution in [2.75, 3.05) is 27.3 Å². The fourth-order valence-electron chi connectivity index (χ4n) is 1.83. The number of aryl methyl sites for hydroxylation is 1. The van der Waals surface area contributed by atoms with E-state index in [1.165, 1.54) is 0 Å². The number of carbonyl (C=O) groups is 1. The van der Waals surface area contributed by atoms with E-state index in [0.717, 1.165) is 5.56 Å². The fourth-order valence-corrected chi connectivity index (χ4v) is 1.83. The minimum atomic E-state index is -0.0560. The Labute approximate surface area is 120 Å². The number of amides is 1. The summed E-state index contributed by atoms with van der Waals surface area (Å²) in [4.78, 5) is 14.2. The molecule has 0 saturated carbocycles. The summed E-state index contributed by atoms with van der Waals surface area (Å²) < 4.78 is 5.09. The maximum Gasteiger partial charge on any atom is 0.255 e. The van der Waals surface area contributed by atoms with Crippen LogP contribution in [0.3, 0.4) is 0 Å². The molecule has 0 fully saturated rings. The molecule has 1 aromatic carbocycles. The molecule has 1 rings (SSSR count). The van der Waals surface area contributed by atoms with E-state index in [-0.39, 0.29) is 18.5 Å². The van der Waals surface area contributed by atoms with Crippen LogP contribution in [0.5, 0.6) is 0 Å². The Hall–Kier alpha value is -1.83. The number of hydrogen-bond donors (Lipinski definition) is 1. The third-order valence-electron chi connectivity index (χ3n) is 3.12. The second-order valence-electron chi connectivity index (χ2n) is 4.78. The van der Waals surface area contributed by atoms with Gasteiger partial charge < -0.3 is 15.4 Å². The molecule has 108 valence electrons. The Balaban J connectivity index is 3.10.